The first-order chi connectivity index (χ1) is 39.0. The average molecular weight is 1130 g/mol. The highest BCUT2D eigenvalue weighted by Gasteiger charge is 2.57. The Balaban J connectivity index is 1.46. The third-order valence-electron chi connectivity index (χ3n) is 13.4. The first kappa shape index (κ1) is 57.6. The van der Waals surface area contributed by atoms with E-state index >= 15 is 19.2 Å². The zero-order valence-electron chi connectivity index (χ0n) is 45.7. The Morgan fingerprint density at radius 2 is 0.901 bits per heavy atom. The van der Waals surface area contributed by atoms with Gasteiger partial charge in [0.15, 0.2) is 58.2 Å². The van der Waals surface area contributed by atoms with E-state index in [1.54, 1.807) is 0 Å². The number of rotatable bonds is 15. The van der Waals surface area contributed by atoms with Gasteiger partial charge in [0.1, 0.15) is 12.7 Å². The number of benzene rings is 4. The van der Waals surface area contributed by atoms with Crippen molar-refractivity contribution in [2.75, 3.05) is 99.0 Å². The van der Waals surface area contributed by atoms with Crippen molar-refractivity contribution in [3.63, 3.8) is 0 Å². The number of methoxy groups -OCH3 is 13. The van der Waals surface area contributed by atoms with Crippen molar-refractivity contribution >= 4 is 41.8 Å². The Morgan fingerprint density at radius 3 is 1.40 bits per heavy atom. The zero-order chi connectivity index (χ0) is 58.7. The first-order valence-electron chi connectivity index (χ1n) is 24.0. The monoisotopic (exact) mass is 1130 g/mol. The quantitative estimate of drug-likeness (QED) is 0.120. The molecular formula is C54H54O27. The van der Waals surface area contributed by atoms with Gasteiger partial charge in [-0.3, -0.25) is 0 Å². The Bertz CT molecular complexity index is 3210. The Hall–Kier alpha value is -9.53. The van der Waals surface area contributed by atoms with E-state index in [1.165, 1.54) is 96.4 Å². The van der Waals surface area contributed by atoms with Gasteiger partial charge in [0.25, 0.3) is 0 Å². The van der Waals surface area contributed by atoms with E-state index in [-0.39, 0.29) is 96.8 Å². The molecule has 7 atom stereocenters. The van der Waals surface area contributed by atoms with E-state index in [9.17, 15) is 14.4 Å². The van der Waals surface area contributed by atoms with Gasteiger partial charge >= 0.3 is 41.8 Å². The predicted octanol–water partition coefficient (Wildman–Crippen LogP) is 3.99. The molecule has 0 aromatic heterocycles. The fourth-order valence-corrected chi connectivity index (χ4v) is 9.87. The summed E-state index contributed by atoms with van der Waals surface area (Å²) in [6.45, 7) is -0.979. The summed E-state index contributed by atoms with van der Waals surface area (Å²) in [5, 5.41) is 0. The van der Waals surface area contributed by atoms with Gasteiger partial charge in [-0.2, -0.15) is 0 Å². The number of carbonyl (C=O) groups excluding carboxylic acids is 7. The van der Waals surface area contributed by atoms with Crippen LogP contribution in [0.15, 0.2) is 42.0 Å². The molecule has 4 aromatic rings. The van der Waals surface area contributed by atoms with Crippen LogP contribution in [0.1, 0.15) is 52.9 Å². The van der Waals surface area contributed by atoms with Gasteiger partial charge in [0.2, 0.25) is 41.5 Å². The summed E-state index contributed by atoms with van der Waals surface area (Å²) in [7, 11) is 16.0. The molecule has 0 amide bonds. The molecule has 1 fully saturated rings. The third kappa shape index (κ3) is 10.0. The van der Waals surface area contributed by atoms with Gasteiger partial charge in [-0.05, 0) is 30.3 Å². The summed E-state index contributed by atoms with van der Waals surface area (Å²) >= 11 is 0. The van der Waals surface area contributed by atoms with Crippen molar-refractivity contribution in [2.45, 2.75) is 42.7 Å². The molecule has 8 rings (SSSR count). The lowest BCUT2D eigenvalue weighted by molar-refractivity contribution is -0.286. The molecule has 4 aromatic carbocycles. The van der Waals surface area contributed by atoms with Crippen LogP contribution in [0.3, 0.4) is 0 Å². The van der Waals surface area contributed by atoms with Crippen LogP contribution in [0, 0.1) is 0 Å². The molecule has 4 aliphatic rings. The van der Waals surface area contributed by atoms with Crippen LogP contribution in [0.25, 0.3) is 11.1 Å². The van der Waals surface area contributed by atoms with Crippen LogP contribution in [0.5, 0.6) is 69.0 Å². The molecular weight excluding hydrogens is 1080 g/mol. The summed E-state index contributed by atoms with van der Waals surface area (Å²) in [5.41, 5.74) is -3.24. The molecule has 27 heteroatoms. The molecule has 0 spiro atoms. The fourth-order valence-electron chi connectivity index (χ4n) is 9.87. The number of hydrogen-bond acceptors (Lipinski definition) is 27. The molecule has 0 aliphatic carbocycles. The van der Waals surface area contributed by atoms with Crippen molar-refractivity contribution in [1.29, 1.82) is 0 Å². The Kier molecular flexibility index (Phi) is 17.0. The highest BCUT2D eigenvalue weighted by atomic mass is 16.8. The third-order valence-corrected chi connectivity index (χ3v) is 13.4. The molecule has 0 radical (unpaired) electrons. The maximum atomic E-state index is 15.7. The second-order valence-corrected chi connectivity index (χ2v) is 17.3. The summed E-state index contributed by atoms with van der Waals surface area (Å²) in [5.74, 6) is -12.5. The lowest BCUT2D eigenvalue weighted by atomic mass is 9.81. The van der Waals surface area contributed by atoms with Crippen molar-refractivity contribution in [1.82, 2.24) is 0 Å². The Morgan fingerprint density at radius 1 is 0.457 bits per heavy atom. The van der Waals surface area contributed by atoms with E-state index in [0.29, 0.717) is 6.08 Å². The molecule has 27 nitrogen and oxygen atoms in total. The molecule has 0 saturated carbocycles. The van der Waals surface area contributed by atoms with Gasteiger partial charge in [0.05, 0.1) is 126 Å². The second-order valence-electron chi connectivity index (χ2n) is 17.3. The lowest BCUT2D eigenvalue weighted by Gasteiger charge is -2.44. The molecule has 4 heterocycles. The second kappa shape index (κ2) is 23.8. The largest absolute Gasteiger partial charge is 0.493 e. The number of ether oxygens (including phenoxy) is 20. The topological polar surface area (TPSA) is 304 Å². The zero-order valence-corrected chi connectivity index (χ0v) is 45.7. The van der Waals surface area contributed by atoms with Crippen molar-refractivity contribution < 1.29 is 128 Å². The summed E-state index contributed by atoms with van der Waals surface area (Å²) < 4.78 is 116. The summed E-state index contributed by atoms with van der Waals surface area (Å²) in [6.07, 6.45) is -12.1. The molecule has 1 saturated heterocycles. The minimum atomic E-state index is -2.24. The van der Waals surface area contributed by atoms with E-state index in [0.717, 1.165) is 26.4 Å². The first-order valence-corrected chi connectivity index (χ1v) is 24.0. The van der Waals surface area contributed by atoms with Crippen molar-refractivity contribution in [3.8, 4) is 80.1 Å². The fraction of sp³-hybridized carbons (Fsp3) is 0.389. The van der Waals surface area contributed by atoms with E-state index in [2.05, 4.69) is 0 Å². The maximum absolute atomic E-state index is 15.7. The van der Waals surface area contributed by atoms with Crippen LogP contribution in [0.2, 0.25) is 0 Å². The van der Waals surface area contributed by atoms with Crippen LogP contribution in [0.4, 0.5) is 0 Å². The molecule has 81 heavy (non-hydrogen) atoms. The minimum Gasteiger partial charge on any atom is -0.493 e. The minimum absolute atomic E-state index is 0.00139. The smallest absolute Gasteiger partial charge is 0.348 e. The molecule has 432 valence electrons. The van der Waals surface area contributed by atoms with E-state index in [1.807, 2.05) is 0 Å². The number of fused-ring (bicyclic) bond motifs is 6. The van der Waals surface area contributed by atoms with Gasteiger partial charge < -0.3 is 94.7 Å². The van der Waals surface area contributed by atoms with E-state index in [4.69, 9.17) is 94.7 Å². The highest BCUT2D eigenvalue weighted by molar-refractivity contribution is 6.09. The lowest BCUT2D eigenvalue weighted by Crippen LogP contribution is -2.63. The number of cyclic esters (lactones) is 2. The number of carbonyl (C=O) groups is 7. The van der Waals surface area contributed by atoms with Crippen LogP contribution in [-0.2, 0) is 52.3 Å². The van der Waals surface area contributed by atoms with Crippen molar-refractivity contribution in [2.24, 2.45) is 0 Å². The standard InChI is InChI=1S/C54H54O27/c1-62-26-14-21(15-27(63-2)37(26)67-6)48(56)81-54-47-46-41(78-52(60)25-19-32(55)77-45(53(61)74-13)36(25)35-24(51(59)80-47)18-30(66-5)40(70-9)44(35)73-12)31(76-54)20-75-49(57)22-16-28(64-3)38(68-7)42(71-10)33(22)34-23(50(58)79-46)17-29(65-4)39(69-8)43(34)72-11/h14-19,31,36,41,45-47,54H,20H2,1-13H3/t31-,36+,41-,45+,46+,47-,54+/m1/s1. The molecule has 0 N–H and O–H groups in total. The number of esters is 7. The normalized spacial score (nSPS) is 21.0. The molecule has 4 aliphatic heterocycles. The highest BCUT2D eigenvalue weighted by Crippen LogP contribution is 2.56. The summed E-state index contributed by atoms with van der Waals surface area (Å²) in [4.78, 5) is 104. The van der Waals surface area contributed by atoms with Gasteiger partial charge in [0, 0.05) is 22.8 Å². The summed E-state index contributed by atoms with van der Waals surface area (Å²) in [6, 6.07) is 5.91. The van der Waals surface area contributed by atoms with Gasteiger partial charge in [-0.25, -0.2) is 33.6 Å². The molecule has 4 bridgehead atoms. The van der Waals surface area contributed by atoms with Crippen LogP contribution in [-0.4, -0.2) is 178 Å². The maximum Gasteiger partial charge on any atom is 0.348 e. The van der Waals surface area contributed by atoms with Crippen LogP contribution < -0.4 is 56.8 Å². The van der Waals surface area contributed by atoms with Gasteiger partial charge in [-0.1, -0.05) is 0 Å². The average Bonchev–Trinajstić information content (AvgIpc) is 3.38. The number of hydrogen-bond donors (Lipinski definition) is 0. The van der Waals surface area contributed by atoms with Crippen LogP contribution >= 0.6 is 0 Å². The SMILES string of the molecule is COC(=O)[C@H]1OC(=O)C=C2C(=O)O[C@H]3[C@@H]4OC(=O)c5cc(OC)c(OC)c(OC)c5-c5c(cc(OC)c(OC)c5OC)C(=O)OC[C@H]3O[C@@H](OC(=O)c3cc(OC)c(OC)c(OC)c3)[C@@H]4OC(=O)c3cc(OC)c(OC)c(OC)c3[C@H]21. The Labute approximate surface area is 460 Å². The van der Waals surface area contributed by atoms with E-state index < -0.39 is 108 Å². The molecule has 0 unspecified atom stereocenters. The van der Waals surface area contributed by atoms with Gasteiger partial charge in [-0.15, -0.1) is 0 Å². The van der Waals surface area contributed by atoms with Crippen molar-refractivity contribution in [3.05, 3.63) is 69.8 Å². The predicted molar refractivity (Wildman–Crippen MR) is 269 cm³/mol.